The number of piperidine rings is 2. The van der Waals surface area contributed by atoms with Gasteiger partial charge in [-0.25, -0.2) is 4.39 Å². The molecule has 5 heteroatoms. The van der Waals surface area contributed by atoms with Crippen LogP contribution in [0.3, 0.4) is 0 Å². The smallest absolute Gasteiger partial charge is 0.236 e. The molecule has 0 aliphatic carbocycles. The molecule has 0 bridgehead atoms. The quantitative estimate of drug-likeness (QED) is 0.768. The maximum atomic E-state index is 13.5. The molecule has 3 heterocycles. The van der Waals surface area contributed by atoms with Gasteiger partial charge in [-0.15, -0.1) is 0 Å². The van der Waals surface area contributed by atoms with Gasteiger partial charge in [0.05, 0.1) is 6.54 Å². The molecule has 1 amide bonds. The minimum absolute atomic E-state index is 0.208. The number of hydrogen-bond acceptors (Lipinski definition) is 3. The van der Waals surface area contributed by atoms with Crippen LogP contribution in [0.5, 0.6) is 0 Å². The van der Waals surface area contributed by atoms with E-state index >= 15 is 0 Å². The third-order valence-corrected chi connectivity index (χ3v) is 6.09. The summed E-state index contributed by atoms with van der Waals surface area (Å²) in [5.74, 6) is 0.420. The Morgan fingerprint density at radius 2 is 1.86 bits per heavy atom. The van der Waals surface area contributed by atoms with E-state index in [1.165, 1.54) is 12.5 Å². The first-order valence-electron chi connectivity index (χ1n) is 10.9. The summed E-state index contributed by atoms with van der Waals surface area (Å²) in [4.78, 5) is 21.8. The van der Waals surface area contributed by atoms with Gasteiger partial charge in [0.15, 0.2) is 0 Å². The Kier molecular flexibility index (Phi) is 6.55. The van der Waals surface area contributed by atoms with Gasteiger partial charge in [-0.2, -0.15) is 0 Å². The predicted molar refractivity (Wildman–Crippen MR) is 112 cm³/mol. The molecule has 0 N–H and O–H groups in total. The Morgan fingerprint density at radius 1 is 1.03 bits per heavy atom. The summed E-state index contributed by atoms with van der Waals surface area (Å²) in [6.45, 7) is 4.23. The normalized spacial score (nSPS) is 20.6. The number of benzene rings is 1. The van der Waals surface area contributed by atoms with Crippen molar-refractivity contribution in [2.75, 3.05) is 32.7 Å². The Morgan fingerprint density at radius 3 is 2.69 bits per heavy atom. The number of pyridine rings is 1. The first-order chi connectivity index (χ1) is 14.2. The highest BCUT2D eigenvalue weighted by molar-refractivity contribution is 5.78. The van der Waals surface area contributed by atoms with Gasteiger partial charge in [-0.1, -0.05) is 18.2 Å². The molecule has 1 aromatic heterocycles. The van der Waals surface area contributed by atoms with Crippen molar-refractivity contribution in [3.05, 3.63) is 65.2 Å². The zero-order chi connectivity index (χ0) is 20.1. The maximum absolute atomic E-state index is 13.5. The molecule has 1 atom stereocenters. The Labute approximate surface area is 172 Å². The number of likely N-dealkylation sites (tertiary alicyclic amines) is 2. The topological polar surface area (TPSA) is 36.4 Å². The van der Waals surface area contributed by atoms with Crippen LogP contribution in [0.25, 0.3) is 0 Å². The predicted octanol–water partition coefficient (Wildman–Crippen LogP) is 4.00. The van der Waals surface area contributed by atoms with Gasteiger partial charge in [0.2, 0.25) is 5.91 Å². The van der Waals surface area contributed by atoms with E-state index in [9.17, 15) is 9.18 Å². The summed E-state index contributed by atoms with van der Waals surface area (Å²) in [5.41, 5.74) is 3.00. The first kappa shape index (κ1) is 20.0. The molecular formula is C24H30FN3O. The SMILES string of the molecule is O=C(CN1CCC[C@H](c2cccc(Cc3cccc(F)c3)n2)C1)N1CCCCC1. The third-order valence-electron chi connectivity index (χ3n) is 6.09. The van der Waals surface area contributed by atoms with Gasteiger partial charge in [0.1, 0.15) is 5.82 Å². The number of halogens is 1. The lowest BCUT2D eigenvalue weighted by Gasteiger charge is -2.34. The average Bonchev–Trinajstić information content (AvgIpc) is 2.75. The summed E-state index contributed by atoms with van der Waals surface area (Å²) in [5, 5.41) is 0. The van der Waals surface area contributed by atoms with Crippen molar-refractivity contribution in [1.82, 2.24) is 14.8 Å². The second-order valence-electron chi connectivity index (χ2n) is 8.38. The van der Waals surface area contributed by atoms with E-state index in [2.05, 4.69) is 17.0 Å². The summed E-state index contributed by atoms with van der Waals surface area (Å²) in [6, 6.07) is 12.9. The van der Waals surface area contributed by atoms with Crippen molar-refractivity contribution in [3.8, 4) is 0 Å². The van der Waals surface area contributed by atoms with Crippen molar-refractivity contribution in [1.29, 1.82) is 0 Å². The van der Waals surface area contributed by atoms with Gasteiger partial charge in [0, 0.05) is 43.4 Å². The van der Waals surface area contributed by atoms with E-state index in [4.69, 9.17) is 4.98 Å². The van der Waals surface area contributed by atoms with Crippen LogP contribution in [0.4, 0.5) is 4.39 Å². The molecular weight excluding hydrogens is 365 g/mol. The van der Waals surface area contributed by atoms with Gasteiger partial charge in [-0.05, 0) is 68.5 Å². The molecule has 2 aliphatic heterocycles. The highest BCUT2D eigenvalue weighted by Gasteiger charge is 2.26. The molecule has 154 valence electrons. The maximum Gasteiger partial charge on any atom is 0.236 e. The summed E-state index contributed by atoms with van der Waals surface area (Å²) < 4.78 is 13.5. The number of carbonyl (C=O) groups excluding carboxylic acids is 1. The second-order valence-corrected chi connectivity index (χ2v) is 8.38. The molecule has 4 rings (SSSR count). The van der Waals surface area contributed by atoms with Crippen LogP contribution in [0, 0.1) is 5.82 Å². The molecule has 2 saturated heterocycles. The largest absolute Gasteiger partial charge is 0.342 e. The Bertz CT molecular complexity index is 834. The van der Waals surface area contributed by atoms with Crippen molar-refractivity contribution in [2.24, 2.45) is 0 Å². The van der Waals surface area contributed by atoms with Crippen LogP contribution in [0.1, 0.15) is 55.0 Å². The molecule has 1 aromatic carbocycles. The number of carbonyl (C=O) groups is 1. The average molecular weight is 396 g/mol. The van der Waals surface area contributed by atoms with Gasteiger partial charge >= 0.3 is 0 Å². The lowest BCUT2D eigenvalue weighted by Crippen LogP contribution is -2.45. The van der Waals surface area contributed by atoms with E-state index < -0.39 is 0 Å². The number of amides is 1. The van der Waals surface area contributed by atoms with Crippen LogP contribution in [0.2, 0.25) is 0 Å². The van der Waals surface area contributed by atoms with E-state index in [0.717, 1.165) is 68.8 Å². The molecule has 2 aliphatic rings. The molecule has 4 nitrogen and oxygen atoms in total. The lowest BCUT2D eigenvalue weighted by atomic mass is 9.93. The van der Waals surface area contributed by atoms with Crippen molar-refractivity contribution in [3.63, 3.8) is 0 Å². The standard InChI is InChI=1S/C24H30FN3O/c25-21-9-4-7-19(15-21)16-22-10-5-11-23(26-22)20-8-6-12-27(17-20)18-24(29)28-13-2-1-3-14-28/h4-5,7,9-11,15,20H,1-3,6,8,12-14,16-18H2/t20-/m0/s1. The molecule has 0 saturated carbocycles. The van der Waals surface area contributed by atoms with Crippen LogP contribution in [0.15, 0.2) is 42.5 Å². The Hall–Kier alpha value is -2.27. The monoisotopic (exact) mass is 395 g/mol. The fourth-order valence-corrected chi connectivity index (χ4v) is 4.56. The van der Waals surface area contributed by atoms with Gasteiger partial charge in [-0.3, -0.25) is 14.7 Å². The van der Waals surface area contributed by atoms with E-state index in [1.807, 2.05) is 17.0 Å². The second kappa shape index (κ2) is 9.49. The minimum atomic E-state index is -0.208. The Balaban J connectivity index is 1.38. The molecule has 0 radical (unpaired) electrons. The number of rotatable bonds is 5. The molecule has 2 aromatic rings. The highest BCUT2D eigenvalue weighted by Crippen LogP contribution is 2.26. The van der Waals surface area contributed by atoms with Crippen molar-refractivity contribution >= 4 is 5.91 Å². The first-order valence-corrected chi connectivity index (χ1v) is 10.9. The van der Waals surface area contributed by atoms with E-state index in [-0.39, 0.29) is 11.7 Å². The van der Waals surface area contributed by atoms with Crippen LogP contribution < -0.4 is 0 Å². The van der Waals surface area contributed by atoms with Gasteiger partial charge in [0.25, 0.3) is 0 Å². The molecule has 0 unspecified atom stereocenters. The third kappa shape index (κ3) is 5.41. The summed E-state index contributed by atoms with van der Waals surface area (Å²) >= 11 is 0. The highest BCUT2D eigenvalue weighted by atomic mass is 19.1. The van der Waals surface area contributed by atoms with Crippen LogP contribution >= 0.6 is 0 Å². The van der Waals surface area contributed by atoms with Gasteiger partial charge < -0.3 is 4.90 Å². The zero-order valence-electron chi connectivity index (χ0n) is 17.0. The molecule has 29 heavy (non-hydrogen) atoms. The van der Waals surface area contributed by atoms with Crippen molar-refractivity contribution in [2.45, 2.75) is 44.4 Å². The van der Waals surface area contributed by atoms with E-state index in [1.54, 1.807) is 12.1 Å². The van der Waals surface area contributed by atoms with Crippen molar-refractivity contribution < 1.29 is 9.18 Å². The fraction of sp³-hybridized carbons (Fsp3) is 0.500. The lowest BCUT2D eigenvalue weighted by molar-refractivity contribution is -0.133. The molecule has 0 spiro atoms. The van der Waals surface area contributed by atoms with E-state index in [0.29, 0.717) is 18.9 Å². The zero-order valence-corrected chi connectivity index (χ0v) is 17.0. The number of hydrogen-bond donors (Lipinski definition) is 0. The summed E-state index contributed by atoms with van der Waals surface area (Å²) in [7, 11) is 0. The summed E-state index contributed by atoms with van der Waals surface area (Å²) in [6.07, 6.45) is 6.34. The van der Waals surface area contributed by atoms with Crippen LogP contribution in [-0.4, -0.2) is 53.4 Å². The molecule has 2 fully saturated rings. The minimum Gasteiger partial charge on any atom is -0.342 e. The fourth-order valence-electron chi connectivity index (χ4n) is 4.56. The van der Waals surface area contributed by atoms with Crippen LogP contribution in [-0.2, 0) is 11.2 Å². The number of nitrogens with zero attached hydrogens (tertiary/aromatic N) is 3. The number of aromatic nitrogens is 1.